The number of nitrogens with zero attached hydrogens (tertiary/aromatic N) is 1. The van der Waals surface area contributed by atoms with Crippen molar-refractivity contribution in [3.63, 3.8) is 0 Å². The number of halogens is 1. The van der Waals surface area contributed by atoms with Crippen LogP contribution in [0.15, 0.2) is 29.3 Å². The van der Waals surface area contributed by atoms with E-state index in [1.165, 1.54) is 0 Å². The van der Waals surface area contributed by atoms with Crippen molar-refractivity contribution in [1.29, 1.82) is 0 Å². The highest BCUT2D eigenvalue weighted by atomic mass is 127. The first-order valence-corrected chi connectivity index (χ1v) is 6.06. The van der Waals surface area contributed by atoms with Crippen LogP contribution in [0.2, 0.25) is 0 Å². The Morgan fingerprint density at radius 2 is 2.21 bits per heavy atom. The molecule has 4 N–H and O–H groups in total. The first-order chi connectivity index (χ1) is 8.63. The van der Waals surface area contributed by atoms with Gasteiger partial charge < -0.3 is 16.4 Å². The fourth-order valence-electron chi connectivity index (χ4n) is 1.57. The molecule has 0 heterocycles. The molecule has 1 aliphatic rings. The molecule has 6 heteroatoms. The van der Waals surface area contributed by atoms with Crippen LogP contribution in [-0.4, -0.2) is 24.5 Å². The zero-order valence-electron chi connectivity index (χ0n) is 10.8. The van der Waals surface area contributed by atoms with E-state index >= 15 is 0 Å². The molecule has 0 bridgehead atoms. The number of nitrogens with one attached hydrogen (secondary N) is 2. The zero-order valence-corrected chi connectivity index (χ0v) is 13.2. The first-order valence-electron chi connectivity index (χ1n) is 6.06. The van der Waals surface area contributed by atoms with E-state index in [2.05, 4.69) is 15.6 Å². The van der Waals surface area contributed by atoms with Gasteiger partial charge in [-0.1, -0.05) is 12.1 Å². The van der Waals surface area contributed by atoms with E-state index in [1.807, 2.05) is 31.2 Å². The SMILES string of the molecule is Cc1cccc(NC(N)=NCC(=O)NC2CC2)c1.I. The van der Waals surface area contributed by atoms with E-state index in [-0.39, 0.29) is 42.4 Å². The van der Waals surface area contributed by atoms with Crippen molar-refractivity contribution in [2.75, 3.05) is 11.9 Å². The van der Waals surface area contributed by atoms with E-state index in [0.29, 0.717) is 6.04 Å². The minimum atomic E-state index is -0.0773. The molecule has 2 rings (SSSR count). The van der Waals surface area contributed by atoms with Crippen molar-refractivity contribution >= 4 is 41.5 Å². The normalized spacial score (nSPS) is 14.5. The lowest BCUT2D eigenvalue weighted by Gasteiger charge is -2.06. The van der Waals surface area contributed by atoms with Crippen LogP contribution in [0.4, 0.5) is 5.69 Å². The highest BCUT2D eigenvalue weighted by molar-refractivity contribution is 14.0. The summed E-state index contributed by atoms with van der Waals surface area (Å²) in [6.45, 7) is 2.07. The van der Waals surface area contributed by atoms with Crippen molar-refractivity contribution in [2.45, 2.75) is 25.8 Å². The van der Waals surface area contributed by atoms with Gasteiger partial charge in [-0.2, -0.15) is 0 Å². The monoisotopic (exact) mass is 374 g/mol. The number of hydrogen-bond acceptors (Lipinski definition) is 2. The van der Waals surface area contributed by atoms with Crippen molar-refractivity contribution in [2.24, 2.45) is 10.7 Å². The summed E-state index contributed by atoms with van der Waals surface area (Å²) in [5.41, 5.74) is 7.72. The van der Waals surface area contributed by atoms with Crippen LogP contribution < -0.4 is 16.4 Å². The second kappa shape index (κ2) is 7.32. The van der Waals surface area contributed by atoms with Gasteiger partial charge >= 0.3 is 0 Å². The summed E-state index contributed by atoms with van der Waals surface area (Å²) in [7, 11) is 0. The number of hydrogen-bond donors (Lipinski definition) is 3. The summed E-state index contributed by atoms with van der Waals surface area (Å²) < 4.78 is 0. The van der Waals surface area contributed by atoms with Gasteiger partial charge in [0, 0.05) is 11.7 Å². The highest BCUT2D eigenvalue weighted by Gasteiger charge is 2.22. The molecule has 0 radical (unpaired) electrons. The lowest BCUT2D eigenvalue weighted by molar-refractivity contribution is -0.119. The molecule has 1 saturated carbocycles. The highest BCUT2D eigenvalue weighted by Crippen LogP contribution is 2.18. The molecule has 1 fully saturated rings. The number of anilines is 1. The summed E-state index contributed by atoms with van der Waals surface area (Å²) in [5, 5.41) is 5.81. The number of carbonyl (C=O) groups is 1. The van der Waals surface area contributed by atoms with Crippen molar-refractivity contribution in [1.82, 2.24) is 5.32 Å². The fraction of sp³-hybridized carbons (Fsp3) is 0.385. The van der Waals surface area contributed by atoms with Crippen molar-refractivity contribution in [3.05, 3.63) is 29.8 Å². The van der Waals surface area contributed by atoms with Crippen LogP contribution in [0.5, 0.6) is 0 Å². The number of amides is 1. The molecular weight excluding hydrogens is 355 g/mol. The molecule has 1 aliphatic carbocycles. The maximum absolute atomic E-state index is 11.4. The Morgan fingerprint density at radius 3 is 2.84 bits per heavy atom. The second-order valence-corrected chi connectivity index (χ2v) is 4.54. The largest absolute Gasteiger partial charge is 0.370 e. The topological polar surface area (TPSA) is 79.5 Å². The number of benzene rings is 1. The number of rotatable bonds is 4. The van der Waals surface area contributed by atoms with Crippen LogP contribution in [-0.2, 0) is 4.79 Å². The Labute approximate surface area is 130 Å². The van der Waals surface area contributed by atoms with Crippen LogP contribution in [0.25, 0.3) is 0 Å². The molecule has 0 spiro atoms. The van der Waals surface area contributed by atoms with Crippen molar-refractivity contribution < 1.29 is 4.79 Å². The molecule has 1 aromatic rings. The second-order valence-electron chi connectivity index (χ2n) is 4.54. The lowest BCUT2D eigenvalue weighted by atomic mass is 10.2. The first kappa shape index (κ1) is 15.7. The Bertz CT molecular complexity index is 471. The Morgan fingerprint density at radius 1 is 1.47 bits per heavy atom. The number of guanidine groups is 1. The molecule has 1 amide bonds. The molecule has 104 valence electrons. The minimum absolute atomic E-state index is 0. The number of carbonyl (C=O) groups excluding carboxylic acids is 1. The van der Waals surface area contributed by atoms with Gasteiger partial charge in [-0.25, -0.2) is 4.99 Å². The van der Waals surface area contributed by atoms with E-state index in [9.17, 15) is 4.79 Å². The summed E-state index contributed by atoms with van der Waals surface area (Å²) in [5.74, 6) is 0.179. The van der Waals surface area contributed by atoms with Crippen molar-refractivity contribution in [3.8, 4) is 0 Å². The van der Waals surface area contributed by atoms with Crippen LogP contribution >= 0.6 is 24.0 Å². The Kier molecular flexibility index (Phi) is 6.07. The summed E-state index contributed by atoms with van der Waals surface area (Å²) in [6, 6.07) is 8.16. The van der Waals surface area contributed by atoms with Gasteiger partial charge in [-0.05, 0) is 37.5 Å². The van der Waals surface area contributed by atoms with Gasteiger partial charge in [-0.15, -0.1) is 24.0 Å². The maximum Gasteiger partial charge on any atom is 0.242 e. The molecule has 19 heavy (non-hydrogen) atoms. The smallest absolute Gasteiger partial charge is 0.242 e. The lowest BCUT2D eigenvalue weighted by Crippen LogP contribution is -2.30. The third-order valence-corrected chi connectivity index (χ3v) is 2.63. The molecule has 1 aromatic carbocycles. The molecular formula is C13H19IN4O. The summed E-state index contributed by atoms with van der Waals surface area (Å²) >= 11 is 0. The van der Waals surface area contributed by atoms with Gasteiger partial charge in [-0.3, -0.25) is 4.79 Å². The molecule has 0 aromatic heterocycles. The standard InChI is InChI=1S/C13H18N4O.HI/c1-9-3-2-4-11(7-9)17-13(14)15-8-12(18)16-10-5-6-10;/h2-4,7,10H,5-6,8H2,1H3,(H,16,18)(H3,14,15,17);1H. The number of aliphatic imine (C=N–C) groups is 1. The average molecular weight is 374 g/mol. The minimum Gasteiger partial charge on any atom is -0.370 e. The Balaban J connectivity index is 0.00000180. The van der Waals surface area contributed by atoms with Crippen LogP contribution in [0, 0.1) is 6.92 Å². The summed E-state index contributed by atoms with van der Waals surface area (Å²) in [6.07, 6.45) is 2.15. The van der Waals surface area contributed by atoms with Gasteiger partial charge in [0.2, 0.25) is 5.91 Å². The average Bonchev–Trinajstić information content (AvgIpc) is 3.10. The zero-order chi connectivity index (χ0) is 13.0. The Hall–Kier alpha value is -1.31. The maximum atomic E-state index is 11.4. The van der Waals surface area contributed by atoms with Gasteiger partial charge in [0.1, 0.15) is 6.54 Å². The van der Waals surface area contributed by atoms with E-state index in [1.54, 1.807) is 0 Å². The third-order valence-electron chi connectivity index (χ3n) is 2.63. The van der Waals surface area contributed by atoms with E-state index < -0.39 is 0 Å². The summed E-state index contributed by atoms with van der Waals surface area (Å²) in [4.78, 5) is 15.4. The van der Waals surface area contributed by atoms with E-state index in [0.717, 1.165) is 24.1 Å². The van der Waals surface area contributed by atoms with Gasteiger partial charge in [0.25, 0.3) is 0 Å². The molecule has 0 unspecified atom stereocenters. The quantitative estimate of drug-likeness (QED) is 0.426. The van der Waals surface area contributed by atoms with Crippen LogP contribution in [0.1, 0.15) is 18.4 Å². The van der Waals surface area contributed by atoms with Crippen LogP contribution in [0.3, 0.4) is 0 Å². The predicted octanol–water partition coefficient (Wildman–Crippen LogP) is 1.62. The molecule has 0 saturated heterocycles. The van der Waals surface area contributed by atoms with Gasteiger partial charge in [0.15, 0.2) is 5.96 Å². The molecule has 5 nitrogen and oxygen atoms in total. The van der Waals surface area contributed by atoms with Gasteiger partial charge in [0.05, 0.1) is 0 Å². The third kappa shape index (κ3) is 5.91. The van der Waals surface area contributed by atoms with E-state index in [4.69, 9.17) is 5.73 Å². The fourth-order valence-corrected chi connectivity index (χ4v) is 1.57. The molecule has 0 atom stereocenters. The molecule has 0 aliphatic heterocycles. The number of nitrogens with two attached hydrogens (primary N) is 1. The number of aryl methyl sites for hydroxylation is 1. The predicted molar refractivity (Wildman–Crippen MR) is 87.9 cm³/mol.